The standard InChI is InChI=1S/C20H30N4O3/c1-6-18-17(19(7-2)27-24-18)13-23-20(21-4)22-12-14(3)26-16-10-8-15(25-5)9-11-16/h8-11,14H,6-7,12-13H2,1-5H3,(H2,21,22,23). The van der Waals surface area contributed by atoms with Crippen LogP contribution in [-0.2, 0) is 19.4 Å². The summed E-state index contributed by atoms with van der Waals surface area (Å²) < 4.78 is 16.5. The van der Waals surface area contributed by atoms with Crippen LogP contribution in [0.4, 0.5) is 0 Å². The number of aliphatic imine (C=N–C) groups is 1. The number of ether oxygens (including phenoxy) is 2. The summed E-state index contributed by atoms with van der Waals surface area (Å²) in [5.74, 6) is 3.25. The molecule has 1 aromatic carbocycles. The van der Waals surface area contributed by atoms with Crippen molar-refractivity contribution >= 4 is 5.96 Å². The molecule has 1 atom stereocenters. The first-order chi connectivity index (χ1) is 13.1. The monoisotopic (exact) mass is 374 g/mol. The normalized spacial score (nSPS) is 12.6. The van der Waals surface area contributed by atoms with E-state index in [1.165, 1.54) is 0 Å². The fourth-order valence-electron chi connectivity index (χ4n) is 2.70. The lowest BCUT2D eigenvalue weighted by Gasteiger charge is -2.18. The lowest BCUT2D eigenvalue weighted by molar-refractivity contribution is 0.223. The molecule has 0 saturated carbocycles. The first-order valence-electron chi connectivity index (χ1n) is 9.32. The third-order valence-corrected chi connectivity index (χ3v) is 4.22. The van der Waals surface area contributed by atoms with Gasteiger partial charge in [-0.2, -0.15) is 0 Å². The maximum atomic E-state index is 5.91. The molecule has 1 heterocycles. The summed E-state index contributed by atoms with van der Waals surface area (Å²) in [6, 6.07) is 7.55. The number of aryl methyl sites for hydroxylation is 2. The lowest BCUT2D eigenvalue weighted by Crippen LogP contribution is -2.41. The van der Waals surface area contributed by atoms with Gasteiger partial charge in [-0.1, -0.05) is 19.0 Å². The highest BCUT2D eigenvalue weighted by Crippen LogP contribution is 2.18. The summed E-state index contributed by atoms with van der Waals surface area (Å²) in [7, 11) is 3.40. The summed E-state index contributed by atoms with van der Waals surface area (Å²) in [5.41, 5.74) is 2.11. The van der Waals surface area contributed by atoms with E-state index in [9.17, 15) is 0 Å². The molecule has 0 radical (unpaired) electrons. The van der Waals surface area contributed by atoms with E-state index in [-0.39, 0.29) is 6.10 Å². The van der Waals surface area contributed by atoms with Gasteiger partial charge >= 0.3 is 0 Å². The number of hydrogen-bond acceptors (Lipinski definition) is 5. The van der Waals surface area contributed by atoms with E-state index in [0.717, 1.165) is 41.4 Å². The molecule has 0 aliphatic heterocycles. The van der Waals surface area contributed by atoms with Crippen LogP contribution < -0.4 is 20.1 Å². The van der Waals surface area contributed by atoms with Gasteiger partial charge in [0.1, 0.15) is 23.4 Å². The molecule has 0 spiro atoms. The van der Waals surface area contributed by atoms with E-state index in [1.54, 1.807) is 14.2 Å². The average molecular weight is 374 g/mol. The molecule has 148 valence electrons. The van der Waals surface area contributed by atoms with E-state index >= 15 is 0 Å². The second kappa shape index (κ2) is 10.4. The quantitative estimate of drug-likeness (QED) is 0.519. The van der Waals surface area contributed by atoms with Crippen molar-refractivity contribution in [3.63, 3.8) is 0 Å². The predicted molar refractivity (Wildman–Crippen MR) is 107 cm³/mol. The molecule has 2 aromatic rings. The van der Waals surface area contributed by atoms with Crippen LogP contribution >= 0.6 is 0 Å². The topological polar surface area (TPSA) is 80.9 Å². The number of methoxy groups -OCH3 is 1. The van der Waals surface area contributed by atoms with Crippen molar-refractivity contribution in [2.75, 3.05) is 20.7 Å². The molecule has 0 saturated heterocycles. The Balaban J connectivity index is 1.83. The van der Waals surface area contributed by atoms with Crippen LogP contribution in [-0.4, -0.2) is 37.9 Å². The minimum Gasteiger partial charge on any atom is -0.497 e. The second-order valence-corrected chi connectivity index (χ2v) is 6.15. The van der Waals surface area contributed by atoms with Crippen molar-refractivity contribution in [1.29, 1.82) is 0 Å². The number of nitrogens with zero attached hydrogens (tertiary/aromatic N) is 2. The number of benzene rings is 1. The van der Waals surface area contributed by atoms with Crippen LogP contribution in [0.15, 0.2) is 33.8 Å². The molecule has 0 amide bonds. The maximum absolute atomic E-state index is 5.91. The molecule has 0 bridgehead atoms. The summed E-state index contributed by atoms with van der Waals surface area (Å²) in [4.78, 5) is 4.27. The Morgan fingerprint density at radius 1 is 1.15 bits per heavy atom. The van der Waals surface area contributed by atoms with Crippen molar-refractivity contribution < 1.29 is 14.0 Å². The van der Waals surface area contributed by atoms with Crippen molar-refractivity contribution in [2.45, 2.75) is 46.3 Å². The molecule has 0 aliphatic rings. The SMILES string of the molecule is CCc1noc(CC)c1CNC(=NC)NCC(C)Oc1ccc(OC)cc1. The van der Waals surface area contributed by atoms with Crippen molar-refractivity contribution in [1.82, 2.24) is 15.8 Å². The zero-order valence-corrected chi connectivity index (χ0v) is 16.8. The van der Waals surface area contributed by atoms with Crippen LogP contribution in [0.3, 0.4) is 0 Å². The largest absolute Gasteiger partial charge is 0.497 e. The van der Waals surface area contributed by atoms with Crippen LogP contribution in [0.1, 0.15) is 37.8 Å². The Labute approximate surface area is 161 Å². The number of guanidine groups is 1. The summed E-state index contributed by atoms with van der Waals surface area (Å²) >= 11 is 0. The van der Waals surface area contributed by atoms with E-state index in [2.05, 4.69) is 34.6 Å². The number of aromatic nitrogens is 1. The van der Waals surface area contributed by atoms with Gasteiger partial charge in [-0.3, -0.25) is 4.99 Å². The highest BCUT2D eigenvalue weighted by molar-refractivity contribution is 5.79. The van der Waals surface area contributed by atoms with E-state index in [4.69, 9.17) is 14.0 Å². The molecule has 27 heavy (non-hydrogen) atoms. The molecule has 2 N–H and O–H groups in total. The number of nitrogens with one attached hydrogen (secondary N) is 2. The van der Waals surface area contributed by atoms with Crippen molar-refractivity contribution in [2.24, 2.45) is 4.99 Å². The molecular weight excluding hydrogens is 344 g/mol. The number of hydrogen-bond donors (Lipinski definition) is 2. The first-order valence-corrected chi connectivity index (χ1v) is 9.32. The minimum absolute atomic E-state index is 0.0232. The molecule has 0 aliphatic carbocycles. The fraction of sp³-hybridized carbons (Fsp3) is 0.500. The molecule has 0 fully saturated rings. The van der Waals surface area contributed by atoms with E-state index in [1.807, 2.05) is 31.2 Å². The zero-order valence-electron chi connectivity index (χ0n) is 16.8. The Hall–Kier alpha value is -2.70. The molecule has 7 heteroatoms. The van der Waals surface area contributed by atoms with Gasteiger partial charge in [0.15, 0.2) is 5.96 Å². The van der Waals surface area contributed by atoms with Crippen molar-refractivity contribution in [3.05, 3.63) is 41.3 Å². The van der Waals surface area contributed by atoms with Crippen LogP contribution in [0, 0.1) is 0 Å². The molecule has 1 aromatic heterocycles. The molecular formula is C20H30N4O3. The van der Waals surface area contributed by atoms with Gasteiger partial charge in [0.25, 0.3) is 0 Å². The Kier molecular flexibility index (Phi) is 7.98. The van der Waals surface area contributed by atoms with Gasteiger partial charge < -0.3 is 24.6 Å². The summed E-state index contributed by atoms with van der Waals surface area (Å²) in [5, 5.41) is 10.7. The number of rotatable bonds is 9. The van der Waals surface area contributed by atoms with Gasteiger partial charge in [-0.25, -0.2) is 0 Å². The Morgan fingerprint density at radius 3 is 2.44 bits per heavy atom. The second-order valence-electron chi connectivity index (χ2n) is 6.15. The maximum Gasteiger partial charge on any atom is 0.191 e. The van der Waals surface area contributed by atoms with Gasteiger partial charge in [-0.05, 0) is 37.6 Å². The van der Waals surface area contributed by atoms with Crippen LogP contribution in [0.25, 0.3) is 0 Å². The van der Waals surface area contributed by atoms with Gasteiger partial charge in [0.2, 0.25) is 0 Å². The van der Waals surface area contributed by atoms with Crippen molar-refractivity contribution in [3.8, 4) is 11.5 Å². The molecule has 2 rings (SSSR count). The first kappa shape index (κ1) is 20.6. The Bertz CT molecular complexity index is 704. The third kappa shape index (κ3) is 5.91. The lowest BCUT2D eigenvalue weighted by atomic mass is 10.1. The Morgan fingerprint density at radius 2 is 1.85 bits per heavy atom. The highest BCUT2D eigenvalue weighted by atomic mass is 16.5. The summed E-state index contributed by atoms with van der Waals surface area (Å²) in [6.45, 7) is 7.40. The molecule has 7 nitrogen and oxygen atoms in total. The summed E-state index contributed by atoms with van der Waals surface area (Å²) in [6.07, 6.45) is 1.65. The van der Waals surface area contributed by atoms with Crippen LogP contribution in [0.2, 0.25) is 0 Å². The van der Waals surface area contributed by atoms with Crippen LogP contribution in [0.5, 0.6) is 11.5 Å². The van der Waals surface area contributed by atoms with E-state index < -0.39 is 0 Å². The van der Waals surface area contributed by atoms with Gasteiger partial charge in [0.05, 0.1) is 19.3 Å². The zero-order chi connectivity index (χ0) is 19.6. The van der Waals surface area contributed by atoms with Gasteiger partial charge in [-0.15, -0.1) is 0 Å². The molecule has 1 unspecified atom stereocenters. The minimum atomic E-state index is -0.0232. The smallest absolute Gasteiger partial charge is 0.191 e. The highest BCUT2D eigenvalue weighted by Gasteiger charge is 2.14. The average Bonchev–Trinajstić information content (AvgIpc) is 3.10. The predicted octanol–water partition coefficient (Wildman–Crippen LogP) is 2.94. The van der Waals surface area contributed by atoms with E-state index in [0.29, 0.717) is 19.0 Å². The third-order valence-electron chi connectivity index (χ3n) is 4.22. The van der Waals surface area contributed by atoms with Gasteiger partial charge in [0, 0.05) is 25.6 Å². The fourth-order valence-corrected chi connectivity index (χ4v) is 2.70.